The molecule has 0 aliphatic heterocycles. The summed E-state index contributed by atoms with van der Waals surface area (Å²) in [7, 11) is 0. The van der Waals surface area contributed by atoms with Crippen molar-refractivity contribution in [2.24, 2.45) is 0 Å². The Morgan fingerprint density at radius 1 is 0.952 bits per heavy atom. The molecule has 0 saturated carbocycles. The normalized spacial score (nSPS) is 10.8. The van der Waals surface area contributed by atoms with Crippen LogP contribution in [-0.2, 0) is 6.54 Å². The summed E-state index contributed by atoms with van der Waals surface area (Å²) in [4.78, 5) is 0. The first-order valence-corrected chi connectivity index (χ1v) is 7.43. The lowest BCUT2D eigenvalue weighted by molar-refractivity contribution is 0.856. The molecule has 106 valence electrons. The van der Waals surface area contributed by atoms with Gasteiger partial charge in [0.1, 0.15) is 0 Å². The van der Waals surface area contributed by atoms with Gasteiger partial charge in [0.15, 0.2) is 0 Å². The molecule has 0 radical (unpaired) electrons. The van der Waals surface area contributed by atoms with Crippen molar-refractivity contribution in [3.05, 3.63) is 71.9 Å². The quantitative estimate of drug-likeness (QED) is 0.550. The van der Waals surface area contributed by atoms with Crippen LogP contribution in [0.3, 0.4) is 0 Å². The van der Waals surface area contributed by atoms with E-state index in [1.807, 2.05) is 0 Å². The fraction of sp³-hybridized carbons (Fsp3) is 0.200. The maximum Gasteiger partial charge on any atom is 0.0483 e. The lowest BCUT2D eigenvalue weighted by Gasteiger charge is -2.05. The molecule has 21 heavy (non-hydrogen) atoms. The molecule has 0 fully saturated rings. The summed E-state index contributed by atoms with van der Waals surface area (Å²) in [5, 5.41) is 1.30. The van der Waals surface area contributed by atoms with E-state index >= 15 is 0 Å². The predicted molar refractivity (Wildman–Crippen MR) is 91.5 cm³/mol. The van der Waals surface area contributed by atoms with Gasteiger partial charge in [-0.2, -0.15) is 0 Å². The van der Waals surface area contributed by atoms with E-state index in [0.717, 1.165) is 6.54 Å². The zero-order valence-electron chi connectivity index (χ0n) is 12.9. The Labute approximate surface area is 126 Å². The third kappa shape index (κ3) is 2.92. The van der Waals surface area contributed by atoms with E-state index in [9.17, 15) is 0 Å². The summed E-state index contributed by atoms with van der Waals surface area (Å²) in [6.07, 6.45) is 4.43. The number of nitrogens with zero attached hydrogens (tertiary/aromatic N) is 1. The largest absolute Gasteiger partial charge is 0.344 e. The molecule has 0 N–H and O–H groups in total. The van der Waals surface area contributed by atoms with Crippen molar-refractivity contribution in [1.82, 2.24) is 4.57 Å². The molecule has 0 spiro atoms. The monoisotopic (exact) mass is 275 g/mol. The first-order valence-electron chi connectivity index (χ1n) is 7.43. The van der Waals surface area contributed by atoms with Gasteiger partial charge in [0.2, 0.25) is 0 Å². The van der Waals surface area contributed by atoms with Crippen LogP contribution in [0.1, 0.15) is 19.4 Å². The van der Waals surface area contributed by atoms with Gasteiger partial charge in [0, 0.05) is 23.6 Å². The van der Waals surface area contributed by atoms with E-state index in [1.165, 1.54) is 33.2 Å². The summed E-state index contributed by atoms with van der Waals surface area (Å²) in [6.45, 7) is 7.34. The van der Waals surface area contributed by atoms with Crippen LogP contribution in [0.4, 0.5) is 0 Å². The van der Waals surface area contributed by atoms with Crippen LogP contribution >= 0.6 is 0 Å². The number of allylic oxidation sites excluding steroid dienone is 2. The molecule has 0 amide bonds. The Bertz CT molecular complexity index is 784. The highest BCUT2D eigenvalue weighted by Gasteiger charge is 2.03. The van der Waals surface area contributed by atoms with Crippen LogP contribution in [0.5, 0.6) is 0 Å². The molecule has 2 aromatic carbocycles. The third-order valence-corrected chi connectivity index (χ3v) is 3.85. The second-order valence-electron chi connectivity index (χ2n) is 5.89. The van der Waals surface area contributed by atoms with Crippen molar-refractivity contribution < 1.29 is 0 Å². The lowest BCUT2D eigenvalue weighted by Crippen LogP contribution is -1.92. The van der Waals surface area contributed by atoms with E-state index < -0.39 is 0 Å². The van der Waals surface area contributed by atoms with Crippen molar-refractivity contribution in [3.63, 3.8) is 0 Å². The standard InChI is InChI=1S/C20H21N/c1-15(2)10-12-21-13-11-19-14-18(8-9-20(19)21)17-6-4-16(3)5-7-17/h4-11,13-14H,12H2,1-3H3. The second kappa shape index (κ2) is 5.61. The molecular weight excluding hydrogens is 254 g/mol. The number of fused-ring (bicyclic) bond motifs is 1. The van der Waals surface area contributed by atoms with Gasteiger partial charge in [0.25, 0.3) is 0 Å². The summed E-state index contributed by atoms with van der Waals surface area (Å²) < 4.78 is 2.29. The van der Waals surface area contributed by atoms with Gasteiger partial charge >= 0.3 is 0 Å². The molecule has 0 aliphatic rings. The van der Waals surface area contributed by atoms with E-state index in [0.29, 0.717) is 0 Å². The minimum atomic E-state index is 0.940. The van der Waals surface area contributed by atoms with Gasteiger partial charge in [-0.3, -0.25) is 0 Å². The Morgan fingerprint density at radius 2 is 1.67 bits per heavy atom. The van der Waals surface area contributed by atoms with Crippen LogP contribution in [0.2, 0.25) is 0 Å². The summed E-state index contributed by atoms with van der Waals surface area (Å²) in [5.41, 5.74) is 6.51. The second-order valence-corrected chi connectivity index (χ2v) is 5.89. The van der Waals surface area contributed by atoms with Gasteiger partial charge in [-0.05, 0) is 50.1 Å². The average molecular weight is 275 g/mol. The topological polar surface area (TPSA) is 4.93 Å². The van der Waals surface area contributed by atoms with Crippen molar-refractivity contribution in [2.45, 2.75) is 27.3 Å². The highest BCUT2D eigenvalue weighted by molar-refractivity contribution is 5.85. The van der Waals surface area contributed by atoms with Gasteiger partial charge in [0.05, 0.1) is 0 Å². The molecule has 3 aromatic rings. The smallest absolute Gasteiger partial charge is 0.0483 e. The van der Waals surface area contributed by atoms with E-state index in [-0.39, 0.29) is 0 Å². The molecule has 0 saturated heterocycles. The molecule has 3 rings (SSSR count). The molecule has 0 unspecified atom stereocenters. The molecule has 0 atom stereocenters. The van der Waals surface area contributed by atoms with Crippen molar-refractivity contribution in [1.29, 1.82) is 0 Å². The molecule has 1 heteroatoms. The van der Waals surface area contributed by atoms with Crippen molar-refractivity contribution >= 4 is 10.9 Å². The number of aromatic nitrogens is 1. The first kappa shape index (κ1) is 13.7. The lowest BCUT2D eigenvalue weighted by atomic mass is 10.0. The van der Waals surface area contributed by atoms with Crippen molar-refractivity contribution in [3.8, 4) is 11.1 Å². The third-order valence-electron chi connectivity index (χ3n) is 3.85. The van der Waals surface area contributed by atoms with Gasteiger partial charge in [-0.15, -0.1) is 0 Å². The van der Waals surface area contributed by atoms with E-state index in [4.69, 9.17) is 0 Å². The predicted octanol–water partition coefficient (Wildman–Crippen LogP) is 5.58. The van der Waals surface area contributed by atoms with Crippen LogP contribution in [-0.4, -0.2) is 4.57 Å². The molecule has 1 heterocycles. The van der Waals surface area contributed by atoms with Crippen LogP contribution in [0.15, 0.2) is 66.4 Å². The summed E-state index contributed by atoms with van der Waals surface area (Å²) >= 11 is 0. The number of benzene rings is 2. The highest BCUT2D eigenvalue weighted by atomic mass is 14.9. The molecule has 0 bridgehead atoms. The summed E-state index contributed by atoms with van der Waals surface area (Å²) in [5.74, 6) is 0. The minimum absolute atomic E-state index is 0.940. The fourth-order valence-electron chi connectivity index (χ4n) is 2.57. The van der Waals surface area contributed by atoms with Crippen LogP contribution in [0, 0.1) is 6.92 Å². The Morgan fingerprint density at radius 3 is 2.38 bits per heavy atom. The number of aryl methyl sites for hydroxylation is 1. The molecular formula is C20H21N. The molecule has 1 nitrogen and oxygen atoms in total. The Balaban J connectivity index is 1.98. The van der Waals surface area contributed by atoms with Gasteiger partial charge in [-0.1, -0.05) is 47.5 Å². The van der Waals surface area contributed by atoms with Gasteiger partial charge < -0.3 is 4.57 Å². The Hall–Kier alpha value is -2.28. The summed E-state index contributed by atoms with van der Waals surface area (Å²) in [6, 6.07) is 17.6. The number of hydrogen-bond donors (Lipinski definition) is 0. The number of hydrogen-bond acceptors (Lipinski definition) is 0. The fourth-order valence-corrected chi connectivity index (χ4v) is 2.57. The van der Waals surface area contributed by atoms with Crippen LogP contribution in [0.25, 0.3) is 22.0 Å². The van der Waals surface area contributed by atoms with Crippen molar-refractivity contribution in [2.75, 3.05) is 0 Å². The van der Waals surface area contributed by atoms with E-state index in [2.05, 4.69) is 86.1 Å². The number of rotatable bonds is 3. The Kier molecular flexibility index (Phi) is 3.66. The van der Waals surface area contributed by atoms with Crippen LogP contribution < -0.4 is 0 Å². The minimum Gasteiger partial charge on any atom is -0.344 e. The maximum atomic E-state index is 2.29. The first-order chi connectivity index (χ1) is 10.1. The average Bonchev–Trinajstić information content (AvgIpc) is 2.88. The van der Waals surface area contributed by atoms with E-state index in [1.54, 1.807) is 0 Å². The molecule has 1 aromatic heterocycles. The maximum absolute atomic E-state index is 2.29. The molecule has 0 aliphatic carbocycles. The zero-order valence-corrected chi connectivity index (χ0v) is 12.9. The van der Waals surface area contributed by atoms with Gasteiger partial charge in [-0.25, -0.2) is 0 Å². The SMILES string of the molecule is CC(C)=CCn1ccc2cc(-c3ccc(C)cc3)ccc21. The highest BCUT2D eigenvalue weighted by Crippen LogP contribution is 2.25. The zero-order chi connectivity index (χ0) is 14.8.